The molecule has 3 aromatic carbocycles. The number of aryl methyl sites for hydroxylation is 1. The number of carbonyl (C=O) groups excluding carboxylic acids is 1. The van der Waals surface area contributed by atoms with Crippen molar-refractivity contribution in [3.63, 3.8) is 0 Å². The second-order valence-electron chi connectivity index (χ2n) is 11.7. The molecule has 43 heavy (non-hydrogen) atoms. The van der Waals surface area contributed by atoms with E-state index in [9.17, 15) is 15.0 Å². The SMILES string of the molecule is CC(C)(O)c1ccccc1CC[C@@H](SCC1(CC(=O)[O-])CC1)c1cccc(/C=C/c2ccc3ccc(Cl)cc3n2)c1.Cl.[Na+]. The van der Waals surface area contributed by atoms with Crippen molar-refractivity contribution in [3.8, 4) is 0 Å². The molecule has 0 spiro atoms. The molecule has 0 aliphatic heterocycles. The molecular weight excluding hydrogens is 608 g/mol. The number of fused-ring (bicyclic) bond motifs is 1. The van der Waals surface area contributed by atoms with E-state index < -0.39 is 11.6 Å². The van der Waals surface area contributed by atoms with Crippen LogP contribution in [0.15, 0.2) is 78.9 Å². The van der Waals surface area contributed by atoms with Crippen molar-refractivity contribution < 1.29 is 44.6 Å². The van der Waals surface area contributed by atoms with E-state index in [-0.39, 0.29) is 59.1 Å². The van der Waals surface area contributed by atoms with Crippen LogP contribution in [-0.4, -0.2) is 21.8 Å². The molecular formula is C35H36Cl2NNaO3S. The molecule has 0 bridgehead atoms. The fourth-order valence-corrected chi connectivity index (χ4v) is 7.08. The van der Waals surface area contributed by atoms with Gasteiger partial charge in [0.1, 0.15) is 0 Å². The molecule has 0 saturated heterocycles. The summed E-state index contributed by atoms with van der Waals surface area (Å²) >= 11 is 8.01. The quantitative estimate of drug-likeness (QED) is 0.219. The summed E-state index contributed by atoms with van der Waals surface area (Å²) in [6, 6.07) is 26.4. The van der Waals surface area contributed by atoms with Gasteiger partial charge in [0.2, 0.25) is 0 Å². The molecule has 4 nitrogen and oxygen atoms in total. The minimum atomic E-state index is -0.963. The maximum Gasteiger partial charge on any atom is 1.00 e. The molecule has 4 aromatic rings. The topological polar surface area (TPSA) is 73.2 Å². The van der Waals surface area contributed by atoms with E-state index in [0.717, 1.165) is 64.7 Å². The van der Waals surface area contributed by atoms with Crippen LogP contribution in [0.5, 0.6) is 0 Å². The Morgan fingerprint density at radius 3 is 2.53 bits per heavy atom. The number of aromatic nitrogens is 1. The van der Waals surface area contributed by atoms with Gasteiger partial charge in [0.25, 0.3) is 0 Å². The molecule has 1 fully saturated rings. The summed E-state index contributed by atoms with van der Waals surface area (Å²) in [6.45, 7) is 3.65. The van der Waals surface area contributed by atoms with Gasteiger partial charge in [0, 0.05) is 21.6 Å². The Hall–Kier alpha value is -1.83. The van der Waals surface area contributed by atoms with Crippen LogP contribution in [0.1, 0.15) is 72.7 Å². The average Bonchev–Trinajstić information content (AvgIpc) is 3.70. The minimum Gasteiger partial charge on any atom is -0.550 e. The number of pyridine rings is 1. The van der Waals surface area contributed by atoms with Crippen molar-refractivity contribution in [1.29, 1.82) is 0 Å². The number of carboxylic acid groups (broad SMARTS) is 1. The zero-order valence-electron chi connectivity index (χ0n) is 24.9. The molecule has 1 saturated carbocycles. The van der Waals surface area contributed by atoms with Gasteiger partial charge in [-0.15, -0.1) is 12.4 Å². The summed E-state index contributed by atoms with van der Waals surface area (Å²) < 4.78 is 0. The Labute approximate surface area is 292 Å². The van der Waals surface area contributed by atoms with Gasteiger partial charge in [-0.25, -0.2) is 4.98 Å². The van der Waals surface area contributed by atoms with Crippen LogP contribution in [0.25, 0.3) is 23.1 Å². The Morgan fingerprint density at radius 2 is 1.81 bits per heavy atom. The molecule has 1 aromatic heterocycles. The van der Waals surface area contributed by atoms with Gasteiger partial charge in [0.05, 0.1) is 16.8 Å². The number of nitrogens with zero attached hydrogens (tertiary/aromatic N) is 1. The Balaban J connectivity index is 0.00000253. The van der Waals surface area contributed by atoms with Crippen LogP contribution in [-0.2, 0) is 16.8 Å². The molecule has 1 aliphatic rings. The first kappa shape index (κ1) is 35.6. The second-order valence-corrected chi connectivity index (χ2v) is 13.3. The van der Waals surface area contributed by atoms with Crippen LogP contribution >= 0.6 is 35.8 Å². The number of aliphatic hydroxyl groups is 1. The molecule has 0 amide bonds. The van der Waals surface area contributed by atoms with E-state index in [0.29, 0.717) is 5.02 Å². The largest absolute Gasteiger partial charge is 1.00 e. The molecule has 1 aliphatic carbocycles. The maximum atomic E-state index is 11.4. The number of aliphatic carboxylic acids is 1. The van der Waals surface area contributed by atoms with Gasteiger partial charge in [-0.1, -0.05) is 78.3 Å². The molecule has 1 heterocycles. The summed E-state index contributed by atoms with van der Waals surface area (Å²) in [4.78, 5) is 16.1. The number of thioether (sulfide) groups is 1. The predicted octanol–water partition coefficient (Wildman–Crippen LogP) is 5.04. The van der Waals surface area contributed by atoms with Crippen LogP contribution in [0.4, 0.5) is 0 Å². The first-order valence-corrected chi connectivity index (χ1v) is 15.5. The minimum absolute atomic E-state index is 0. The fraction of sp³-hybridized carbons (Fsp3) is 0.314. The Morgan fingerprint density at radius 1 is 1.07 bits per heavy atom. The number of halogens is 2. The number of hydrogen-bond donors (Lipinski definition) is 1. The zero-order chi connectivity index (χ0) is 29.0. The van der Waals surface area contributed by atoms with Crippen molar-refractivity contribution in [2.75, 3.05) is 5.75 Å². The molecule has 0 radical (unpaired) electrons. The summed E-state index contributed by atoms with van der Waals surface area (Å²) in [5, 5.41) is 24.0. The van der Waals surface area contributed by atoms with E-state index in [4.69, 9.17) is 16.6 Å². The standard InChI is InChI=1S/C35H36ClNO3S.ClH.Na/c1-34(2,40)30-9-4-3-7-25(30)13-17-32(41-23-35(18-19-35)22-33(38)39)27-8-5-6-24(20-27)10-15-29-16-12-26-11-14-28(36)21-31(26)37-29;;/h3-12,14-16,20-21,32,40H,13,17-19,22-23H2,1-2H3,(H,38,39);1H;/q;;+1/p-1/b15-10+;;/t32-;;/m1../s1. The van der Waals surface area contributed by atoms with Gasteiger partial charge in [-0.05, 0) is 104 Å². The van der Waals surface area contributed by atoms with Crippen LogP contribution < -0.4 is 34.7 Å². The van der Waals surface area contributed by atoms with E-state index in [1.807, 2.05) is 80.2 Å². The molecule has 5 rings (SSSR count). The van der Waals surface area contributed by atoms with Gasteiger partial charge in [-0.2, -0.15) is 11.8 Å². The number of carboxylic acids is 1. The van der Waals surface area contributed by atoms with E-state index in [1.165, 1.54) is 5.56 Å². The van der Waals surface area contributed by atoms with Crippen molar-refractivity contribution in [1.82, 2.24) is 4.98 Å². The summed E-state index contributed by atoms with van der Waals surface area (Å²) in [7, 11) is 0. The fourth-order valence-electron chi connectivity index (χ4n) is 5.34. The first-order valence-electron chi connectivity index (χ1n) is 14.1. The van der Waals surface area contributed by atoms with Crippen molar-refractivity contribution >= 4 is 64.8 Å². The van der Waals surface area contributed by atoms with Gasteiger partial charge in [0.15, 0.2) is 0 Å². The third kappa shape index (κ3) is 9.83. The van der Waals surface area contributed by atoms with E-state index >= 15 is 0 Å². The molecule has 1 N–H and O–H groups in total. The summed E-state index contributed by atoms with van der Waals surface area (Å²) in [5.41, 5.74) is 5.03. The number of benzene rings is 3. The summed E-state index contributed by atoms with van der Waals surface area (Å²) in [5.74, 6) is -0.168. The third-order valence-corrected chi connectivity index (χ3v) is 9.75. The molecule has 1 atom stereocenters. The van der Waals surface area contributed by atoms with Gasteiger partial charge >= 0.3 is 29.6 Å². The number of hydrogen-bond acceptors (Lipinski definition) is 5. The van der Waals surface area contributed by atoms with Gasteiger partial charge in [-0.3, -0.25) is 0 Å². The van der Waals surface area contributed by atoms with Crippen LogP contribution in [0, 0.1) is 5.41 Å². The van der Waals surface area contributed by atoms with E-state index in [2.05, 4.69) is 36.4 Å². The van der Waals surface area contributed by atoms with Crippen molar-refractivity contribution in [3.05, 3.63) is 112 Å². The Bertz CT molecular complexity index is 1580. The van der Waals surface area contributed by atoms with Crippen molar-refractivity contribution in [2.45, 2.75) is 56.8 Å². The van der Waals surface area contributed by atoms with Crippen LogP contribution in [0.3, 0.4) is 0 Å². The van der Waals surface area contributed by atoms with Crippen molar-refractivity contribution in [2.24, 2.45) is 5.41 Å². The maximum absolute atomic E-state index is 11.4. The number of rotatable bonds is 12. The smallest absolute Gasteiger partial charge is 0.550 e. The first-order chi connectivity index (χ1) is 19.6. The van der Waals surface area contributed by atoms with Crippen LogP contribution in [0.2, 0.25) is 5.02 Å². The number of carbonyl (C=O) groups is 1. The third-order valence-electron chi connectivity index (χ3n) is 7.82. The van der Waals surface area contributed by atoms with E-state index in [1.54, 1.807) is 0 Å². The molecule has 8 heteroatoms. The zero-order valence-corrected chi connectivity index (χ0v) is 29.3. The second kappa shape index (κ2) is 15.4. The normalized spacial score (nSPS) is 14.6. The summed E-state index contributed by atoms with van der Waals surface area (Å²) in [6.07, 6.45) is 7.78. The van der Waals surface area contributed by atoms with Gasteiger partial charge < -0.3 is 15.0 Å². The Kier molecular flexibility index (Phi) is 12.8. The molecule has 0 unspecified atom stereocenters. The average molecular weight is 645 g/mol. The monoisotopic (exact) mass is 643 g/mol. The molecule has 220 valence electrons. The predicted molar refractivity (Wildman–Crippen MR) is 176 cm³/mol.